The molecule has 0 aromatic carbocycles. The Morgan fingerprint density at radius 1 is 1.35 bits per heavy atom. The number of hydrogen-bond donors (Lipinski definition) is 3. The van der Waals surface area contributed by atoms with Gasteiger partial charge >= 0.3 is 0 Å². The summed E-state index contributed by atoms with van der Waals surface area (Å²) in [7, 11) is 3.24. The highest BCUT2D eigenvalue weighted by Crippen LogP contribution is 1.91. The van der Waals surface area contributed by atoms with Crippen LogP contribution in [0.25, 0.3) is 0 Å². The lowest BCUT2D eigenvalue weighted by molar-refractivity contribution is -0.120. The first-order valence-corrected chi connectivity index (χ1v) is 6.36. The Morgan fingerprint density at radius 3 is 2.85 bits per heavy atom. The molecule has 1 aromatic rings. The highest BCUT2D eigenvalue weighted by molar-refractivity contribution is 5.86. The second-order valence-corrected chi connectivity index (χ2v) is 3.94. The molecule has 110 valence electrons. The van der Waals surface area contributed by atoms with Gasteiger partial charge in [-0.05, 0) is 12.1 Å². The summed E-state index contributed by atoms with van der Waals surface area (Å²) in [4.78, 5) is 19.7. The van der Waals surface area contributed by atoms with E-state index < -0.39 is 0 Å². The van der Waals surface area contributed by atoms with E-state index in [1.807, 2.05) is 18.2 Å². The van der Waals surface area contributed by atoms with Gasteiger partial charge in [-0.2, -0.15) is 0 Å². The van der Waals surface area contributed by atoms with E-state index >= 15 is 0 Å². The Labute approximate surface area is 118 Å². The lowest BCUT2D eigenvalue weighted by Crippen LogP contribution is -2.43. The number of methoxy groups -OCH3 is 1. The van der Waals surface area contributed by atoms with Crippen LogP contribution in [0.15, 0.2) is 29.4 Å². The van der Waals surface area contributed by atoms with E-state index in [9.17, 15) is 4.79 Å². The van der Waals surface area contributed by atoms with Crippen LogP contribution < -0.4 is 16.0 Å². The molecular formula is C13H21N5O2. The van der Waals surface area contributed by atoms with E-state index in [0.717, 1.165) is 5.69 Å². The lowest BCUT2D eigenvalue weighted by atomic mass is 10.3. The fraction of sp³-hybridized carbons (Fsp3) is 0.462. The molecule has 0 saturated heterocycles. The van der Waals surface area contributed by atoms with Crippen LogP contribution in [-0.4, -0.2) is 50.7 Å². The Kier molecular flexibility index (Phi) is 7.74. The summed E-state index contributed by atoms with van der Waals surface area (Å²) < 4.78 is 4.85. The van der Waals surface area contributed by atoms with E-state index in [0.29, 0.717) is 25.7 Å². The average Bonchev–Trinajstić information content (AvgIpc) is 2.49. The molecule has 0 saturated carbocycles. The van der Waals surface area contributed by atoms with E-state index in [2.05, 4.69) is 25.9 Å². The maximum absolute atomic E-state index is 11.5. The van der Waals surface area contributed by atoms with Gasteiger partial charge in [0.15, 0.2) is 5.96 Å². The molecule has 1 rings (SSSR count). The van der Waals surface area contributed by atoms with Crippen LogP contribution in [0.2, 0.25) is 0 Å². The molecule has 0 aliphatic rings. The minimum absolute atomic E-state index is 0.108. The largest absolute Gasteiger partial charge is 0.383 e. The van der Waals surface area contributed by atoms with Crippen molar-refractivity contribution in [1.82, 2.24) is 20.9 Å². The van der Waals surface area contributed by atoms with Crippen LogP contribution in [0.1, 0.15) is 5.69 Å². The molecule has 0 unspecified atom stereocenters. The van der Waals surface area contributed by atoms with Crippen molar-refractivity contribution in [3.63, 3.8) is 0 Å². The predicted octanol–water partition coefficient (Wildman–Crippen LogP) is -0.491. The normalized spacial score (nSPS) is 11.0. The second kappa shape index (κ2) is 9.74. The van der Waals surface area contributed by atoms with Crippen molar-refractivity contribution in [2.24, 2.45) is 4.99 Å². The number of carbonyl (C=O) groups excluding carboxylic acids is 1. The number of nitrogens with zero attached hydrogens (tertiary/aromatic N) is 2. The molecule has 1 aromatic heterocycles. The fourth-order valence-corrected chi connectivity index (χ4v) is 1.42. The van der Waals surface area contributed by atoms with Crippen molar-refractivity contribution in [3.8, 4) is 0 Å². The first-order valence-electron chi connectivity index (χ1n) is 6.36. The molecule has 1 amide bonds. The highest BCUT2D eigenvalue weighted by atomic mass is 16.5. The quantitative estimate of drug-likeness (QED) is 0.356. The van der Waals surface area contributed by atoms with Crippen molar-refractivity contribution >= 4 is 11.9 Å². The summed E-state index contributed by atoms with van der Waals surface area (Å²) in [6.07, 6.45) is 1.73. The molecule has 0 aliphatic heterocycles. The van der Waals surface area contributed by atoms with Gasteiger partial charge in [-0.3, -0.25) is 14.8 Å². The summed E-state index contributed by atoms with van der Waals surface area (Å²) in [5.41, 5.74) is 0.903. The van der Waals surface area contributed by atoms with E-state index in [4.69, 9.17) is 4.74 Å². The summed E-state index contributed by atoms with van der Waals surface area (Å²) in [6, 6.07) is 5.70. The van der Waals surface area contributed by atoms with E-state index in [1.165, 1.54) is 0 Å². The number of amides is 1. The minimum Gasteiger partial charge on any atom is -0.383 e. The smallest absolute Gasteiger partial charge is 0.239 e. The standard InChI is InChI=1S/C13H21N5O2/c1-14-13(17-9-11-5-3-4-6-15-11)18-10-12(19)16-7-8-20-2/h3-6H,7-10H2,1-2H3,(H,16,19)(H2,14,17,18). The van der Waals surface area contributed by atoms with Crippen LogP contribution in [-0.2, 0) is 16.1 Å². The number of ether oxygens (including phenoxy) is 1. The van der Waals surface area contributed by atoms with Gasteiger partial charge in [0.05, 0.1) is 25.4 Å². The van der Waals surface area contributed by atoms with Gasteiger partial charge in [0.25, 0.3) is 0 Å². The van der Waals surface area contributed by atoms with Crippen molar-refractivity contribution in [1.29, 1.82) is 0 Å². The molecule has 3 N–H and O–H groups in total. The number of pyridine rings is 1. The maximum Gasteiger partial charge on any atom is 0.239 e. The SMILES string of the molecule is CN=C(NCC(=O)NCCOC)NCc1ccccn1. The number of rotatable bonds is 7. The van der Waals surface area contributed by atoms with Crippen molar-refractivity contribution in [2.45, 2.75) is 6.54 Å². The molecule has 1 heterocycles. The zero-order chi connectivity index (χ0) is 14.6. The fourth-order valence-electron chi connectivity index (χ4n) is 1.42. The van der Waals surface area contributed by atoms with Gasteiger partial charge < -0.3 is 20.7 Å². The Hall–Kier alpha value is -2.15. The Morgan fingerprint density at radius 2 is 2.20 bits per heavy atom. The number of carbonyl (C=O) groups is 1. The number of nitrogens with one attached hydrogen (secondary N) is 3. The first-order chi connectivity index (χ1) is 9.76. The zero-order valence-electron chi connectivity index (χ0n) is 11.8. The van der Waals surface area contributed by atoms with Crippen molar-refractivity contribution in [2.75, 3.05) is 33.9 Å². The van der Waals surface area contributed by atoms with Crippen molar-refractivity contribution in [3.05, 3.63) is 30.1 Å². The van der Waals surface area contributed by atoms with Crippen LogP contribution >= 0.6 is 0 Å². The topological polar surface area (TPSA) is 87.6 Å². The first kappa shape index (κ1) is 15.9. The molecular weight excluding hydrogens is 258 g/mol. The van der Waals surface area contributed by atoms with Crippen LogP contribution in [0.3, 0.4) is 0 Å². The van der Waals surface area contributed by atoms with Gasteiger partial charge in [0.1, 0.15) is 0 Å². The maximum atomic E-state index is 11.5. The molecule has 7 nitrogen and oxygen atoms in total. The third kappa shape index (κ3) is 6.69. The van der Waals surface area contributed by atoms with Crippen LogP contribution in [0.4, 0.5) is 0 Å². The number of hydrogen-bond acceptors (Lipinski definition) is 4. The number of guanidine groups is 1. The zero-order valence-corrected chi connectivity index (χ0v) is 11.8. The predicted molar refractivity (Wildman–Crippen MR) is 77.3 cm³/mol. The van der Waals surface area contributed by atoms with Gasteiger partial charge in [-0.15, -0.1) is 0 Å². The summed E-state index contributed by atoms with van der Waals surface area (Å²) in [6.45, 7) is 1.70. The highest BCUT2D eigenvalue weighted by Gasteiger charge is 2.03. The van der Waals surface area contributed by atoms with Gasteiger partial charge in [0.2, 0.25) is 5.91 Å². The number of aliphatic imine (C=N–C) groups is 1. The lowest BCUT2D eigenvalue weighted by Gasteiger charge is -2.11. The van der Waals surface area contributed by atoms with Crippen LogP contribution in [0.5, 0.6) is 0 Å². The molecule has 0 bridgehead atoms. The molecule has 0 aliphatic carbocycles. The van der Waals surface area contributed by atoms with Gasteiger partial charge in [-0.25, -0.2) is 0 Å². The third-order valence-electron chi connectivity index (χ3n) is 2.43. The molecule has 0 atom stereocenters. The van der Waals surface area contributed by atoms with Gasteiger partial charge in [-0.1, -0.05) is 6.07 Å². The van der Waals surface area contributed by atoms with E-state index in [-0.39, 0.29) is 12.5 Å². The summed E-state index contributed by atoms with van der Waals surface area (Å²) in [5, 5.41) is 8.72. The second-order valence-electron chi connectivity index (χ2n) is 3.94. The van der Waals surface area contributed by atoms with Crippen LogP contribution in [0, 0.1) is 0 Å². The summed E-state index contributed by atoms with van der Waals surface area (Å²) in [5.74, 6) is 0.445. The average molecular weight is 279 g/mol. The molecule has 0 spiro atoms. The minimum atomic E-state index is -0.108. The molecule has 0 fully saturated rings. The Balaban J connectivity index is 2.25. The molecule has 20 heavy (non-hydrogen) atoms. The van der Waals surface area contributed by atoms with Gasteiger partial charge in [0, 0.05) is 26.9 Å². The van der Waals surface area contributed by atoms with Crippen molar-refractivity contribution < 1.29 is 9.53 Å². The molecule has 0 radical (unpaired) electrons. The Bertz CT molecular complexity index is 422. The summed E-state index contributed by atoms with van der Waals surface area (Å²) >= 11 is 0. The number of aromatic nitrogens is 1. The third-order valence-corrected chi connectivity index (χ3v) is 2.43. The molecule has 7 heteroatoms. The monoisotopic (exact) mass is 279 g/mol. The van der Waals surface area contributed by atoms with E-state index in [1.54, 1.807) is 20.4 Å².